The highest BCUT2D eigenvalue weighted by molar-refractivity contribution is 6.05. The predicted molar refractivity (Wildman–Crippen MR) is 115 cm³/mol. The van der Waals surface area contributed by atoms with E-state index in [9.17, 15) is 9.59 Å². The molecule has 4 N–H and O–H groups in total. The zero-order chi connectivity index (χ0) is 21.4. The standard InChI is InChI=1S/C22H29N3O4/c1-5-28-19-13-18(25-22(27)16-10-8-7-9-11-16)20(29-6-2)12-17(19)24-21(26)14(3)15(4)23/h7-15H,5-6,23H2,1-4H3,(H,24,26)(H,25,27). The third kappa shape index (κ3) is 5.96. The van der Waals surface area contributed by atoms with Crippen LogP contribution in [0.1, 0.15) is 38.1 Å². The second-order valence-electron chi connectivity index (χ2n) is 6.67. The van der Waals surface area contributed by atoms with Crippen LogP contribution in [0, 0.1) is 5.92 Å². The molecule has 2 amide bonds. The molecule has 0 saturated heterocycles. The molecule has 0 saturated carbocycles. The van der Waals surface area contributed by atoms with Gasteiger partial charge in [0.25, 0.3) is 5.91 Å². The second kappa shape index (κ2) is 10.5. The van der Waals surface area contributed by atoms with E-state index in [0.717, 1.165) is 0 Å². The molecule has 0 aliphatic carbocycles. The average molecular weight is 399 g/mol. The van der Waals surface area contributed by atoms with Gasteiger partial charge in [0.1, 0.15) is 11.5 Å². The van der Waals surface area contributed by atoms with Gasteiger partial charge in [-0.25, -0.2) is 0 Å². The molecule has 29 heavy (non-hydrogen) atoms. The van der Waals surface area contributed by atoms with Gasteiger partial charge < -0.3 is 25.8 Å². The quantitative estimate of drug-likeness (QED) is 0.597. The number of anilines is 2. The van der Waals surface area contributed by atoms with Gasteiger partial charge in [0.05, 0.1) is 30.5 Å². The molecule has 2 aromatic carbocycles. The van der Waals surface area contributed by atoms with Gasteiger partial charge in [-0.2, -0.15) is 0 Å². The van der Waals surface area contributed by atoms with Crippen LogP contribution in [0.25, 0.3) is 0 Å². The summed E-state index contributed by atoms with van der Waals surface area (Å²) in [5, 5.41) is 5.71. The minimum absolute atomic E-state index is 0.218. The molecule has 7 nitrogen and oxygen atoms in total. The van der Waals surface area contributed by atoms with Crippen LogP contribution < -0.4 is 25.8 Å². The summed E-state index contributed by atoms with van der Waals surface area (Å²) >= 11 is 0. The molecule has 2 aromatic rings. The van der Waals surface area contributed by atoms with E-state index in [1.807, 2.05) is 19.9 Å². The van der Waals surface area contributed by atoms with Crippen LogP contribution in [-0.4, -0.2) is 31.1 Å². The molecular weight excluding hydrogens is 370 g/mol. The number of hydrogen-bond acceptors (Lipinski definition) is 5. The molecule has 0 radical (unpaired) electrons. The molecule has 0 aromatic heterocycles. The van der Waals surface area contributed by atoms with Crippen molar-refractivity contribution >= 4 is 23.2 Å². The Hall–Kier alpha value is -3.06. The number of ether oxygens (including phenoxy) is 2. The van der Waals surface area contributed by atoms with Crippen molar-refractivity contribution in [2.75, 3.05) is 23.8 Å². The summed E-state index contributed by atoms with van der Waals surface area (Å²) in [6, 6.07) is 11.9. The van der Waals surface area contributed by atoms with Gasteiger partial charge in [-0.05, 0) is 32.9 Å². The monoisotopic (exact) mass is 399 g/mol. The molecule has 0 aliphatic heterocycles. The van der Waals surface area contributed by atoms with E-state index < -0.39 is 0 Å². The molecule has 156 valence electrons. The van der Waals surface area contributed by atoms with Crippen LogP contribution in [0.5, 0.6) is 11.5 Å². The molecule has 2 rings (SSSR count). The minimum atomic E-state index is -0.377. The van der Waals surface area contributed by atoms with Gasteiger partial charge in [-0.1, -0.05) is 25.1 Å². The van der Waals surface area contributed by atoms with E-state index in [1.54, 1.807) is 50.2 Å². The molecule has 2 atom stereocenters. The maximum atomic E-state index is 12.6. The van der Waals surface area contributed by atoms with Gasteiger partial charge in [0, 0.05) is 23.7 Å². The van der Waals surface area contributed by atoms with Crippen molar-refractivity contribution in [3.63, 3.8) is 0 Å². The summed E-state index contributed by atoms with van der Waals surface area (Å²) in [6.45, 7) is 8.02. The molecule has 2 unspecified atom stereocenters. The number of benzene rings is 2. The average Bonchev–Trinajstić information content (AvgIpc) is 2.71. The summed E-state index contributed by atoms with van der Waals surface area (Å²) in [4.78, 5) is 25.0. The van der Waals surface area contributed by atoms with Crippen LogP contribution in [0.15, 0.2) is 42.5 Å². The minimum Gasteiger partial charge on any atom is -0.492 e. The lowest BCUT2D eigenvalue weighted by atomic mass is 10.0. The van der Waals surface area contributed by atoms with Gasteiger partial charge in [-0.15, -0.1) is 0 Å². The second-order valence-corrected chi connectivity index (χ2v) is 6.67. The molecule has 0 aliphatic rings. The number of hydrogen-bond donors (Lipinski definition) is 3. The number of amides is 2. The largest absolute Gasteiger partial charge is 0.492 e. The maximum Gasteiger partial charge on any atom is 0.255 e. The first-order valence-corrected chi connectivity index (χ1v) is 9.73. The van der Waals surface area contributed by atoms with Crippen molar-refractivity contribution in [1.29, 1.82) is 0 Å². The third-order valence-electron chi connectivity index (χ3n) is 4.43. The number of rotatable bonds is 9. The van der Waals surface area contributed by atoms with Crippen molar-refractivity contribution in [2.24, 2.45) is 11.7 Å². The first-order chi connectivity index (χ1) is 13.9. The lowest BCUT2D eigenvalue weighted by Crippen LogP contribution is -2.34. The van der Waals surface area contributed by atoms with Gasteiger partial charge in [-0.3, -0.25) is 9.59 Å². The maximum absolute atomic E-state index is 12.6. The summed E-state index contributed by atoms with van der Waals surface area (Å²) in [7, 11) is 0. The third-order valence-corrected chi connectivity index (χ3v) is 4.43. The van der Waals surface area contributed by atoms with E-state index >= 15 is 0 Å². The summed E-state index contributed by atoms with van der Waals surface area (Å²) in [5.41, 5.74) is 7.28. The Morgan fingerprint density at radius 1 is 0.931 bits per heavy atom. The lowest BCUT2D eigenvalue weighted by Gasteiger charge is -2.20. The van der Waals surface area contributed by atoms with Crippen molar-refractivity contribution in [1.82, 2.24) is 0 Å². The SMILES string of the molecule is CCOc1cc(NC(=O)C(C)C(C)N)c(OCC)cc1NC(=O)c1ccccc1. The van der Waals surface area contributed by atoms with Crippen molar-refractivity contribution in [3.05, 3.63) is 48.0 Å². The van der Waals surface area contributed by atoms with E-state index in [-0.39, 0.29) is 23.8 Å². The van der Waals surface area contributed by atoms with E-state index in [4.69, 9.17) is 15.2 Å². The number of nitrogens with one attached hydrogen (secondary N) is 2. The predicted octanol–water partition coefficient (Wildman–Crippen LogP) is 3.66. The van der Waals surface area contributed by atoms with Crippen molar-refractivity contribution in [2.45, 2.75) is 33.7 Å². The topological polar surface area (TPSA) is 103 Å². The van der Waals surface area contributed by atoms with Crippen LogP contribution in [0.2, 0.25) is 0 Å². The summed E-state index contributed by atoms with van der Waals surface area (Å²) < 4.78 is 11.4. The summed E-state index contributed by atoms with van der Waals surface area (Å²) in [5.74, 6) is 0.00634. The summed E-state index contributed by atoms with van der Waals surface area (Å²) in [6.07, 6.45) is 0. The fourth-order valence-electron chi connectivity index (χ4n) is 2.57. The Kier molecular flexibility index (Phi) is 8.03. The lowest BCUT2D eigenvalue weighted by molar-refractivity contribution is -0.119. The number of carbonyl (C=O) groups excluding carboxylic acids is 2. The van der Waals surface area contributed by atoms with E-state index in [2.05, 4.69) is 10.6 Å². The van der Waals surface area contributed by atoms with Crippen LogP contribution in [0.4, 0.5) is 11.4 Å². The molecular formula is C22H29N3O4. The Balaban J connectivity index is 2.37. The van der Waals surface area contributed by atoms with Gasteiger partial charge in [0.2, 0.25) is 5.91 Å². The van der Waals surface area contributed by atoms with Gasteiger partial charge in [0.15, 0.2) is 0 Å². The molecule has 0 spiro atoms. The Morgan fingerprint density at radius 2 is 1.45 bits per heavy atom. The van der Waals surface area contributed by atoms with E-state index in [1.165, 1.54) is 0 Å². The van der Waals surface area contributed by atoms with Crippen LogP contribution in [0.3, 0.4) is 0 Å². The van der Waals surface area contributed by atoms with Crippen LogP contribution >= 0.6 is 0 Å². The van der Waals surface area contributed by atoms with E-state index in [0.29, 0.717) is 41.7 Å². The van der Waals surface area contributed by atoms with Crippen LogP contribution in [-0.2, 0) is 4.79 Å². The van der Waals surface area contributed by atoms with Crippen molar-refractivity contribution < 1.29 is 19.1 Å². The fraction of sp³-hybridized carbons (Fsp3) is 0.364. The zero-order valence-electron chi connectivity index (χ0n) is 17.3. The first-order valence-electron chi connectivity index (χ1n) is 9.73. The number of carbonyl (C=O) groups is 2. The normalized spacial score (nSPS) is 12.6. The fourth-order valence-corrected chi connectivity index (χ4v) is 2.57. The van der Waals surface area contributed by atoms with Gasteiger partial charge >= 0.3 is 0 Å². The Bertz CT molecular complexity index is 837. The number of nitrogens with two attached hydrogens (primary N) is 1. The first kappa shape index (κ1) is 22.2. The highest BCUT2D eigenvalue weighted by Gasteiger charge is 2.21. The zero-order valence-corrected chi connectivity index (χ0v) is 17.3. The molecule has 7 heteroatoms. The molecule has 0 fully saturated rings. The highest BCUT2D eigenvalue weighted by Crippen LogP contribution is 2.37. The highest BCUT2D eigenvalue weighted by atomic mass is 16.5. The Morgan fingerprint density at radius 3 is 1.93 bits per heavy atom. The molecule has 0 bridgehead atoms. The smallest absolute Gasteiger partial charge is 0.255 e. The van der Waals surface area contributed by atoms with Crippen molar-refractivity contribution in [3.8, 4) is 11.5 Å². The Labute approximate surface area is 171 Å². The molecule has 0 heterocycles.